The summed E-state index contributed by atoms with van der Waals surface area (Å²) in [5.41, 5.74) is 3.69. The predicted molar refractivity (Wildman–Crippen MR) is 100.0 cm³/mol. The minimum atomic E-state index is -0.0417. The maximum Gasteiger partial charge on any atom is 0.258 e. The molecular formula is C20H20ClN3O. The molecular weight excluding hydrogens is 334 g/mol. The van der Waals surface area contributed by atoms with Crippen molar-refractivity contribution in [2.24, 2.45) is 5.92 Å². The van der Waals surface area contributed by atoms with Crippen LogP contribution in [0.2, 0.25) is 5.02 Å². The van der Waals surface area contributed by atoms with Crippen molar-refractivity contribution in [2.75, 3.05) is 0 Å². The van der Waals surface area contributed by atoms with E-state index in [1.165, 1.54) is 18.4 Å². The number of rotatable bonds is 5. The smallest absolute Gasteiger partial charge is 0.258 e. The number of aromatic nitrogens is 2. The molecule has 1 saturated carbocycles. The molecule has 0 radical (unpaired) electrons. The summed E-state index contributed by atoms with van der Waals surface area (Å²) < 4.78 is 1.59. The second-order valence-electron chi connectivity index (χ2n) is 6.72. The molecule has 0 spiro atoms. The molecule has 0 aliphatic heterocycles. The third kappa shape index (κ3) is 3.46. The van der Waals surface area contributed by atoms with Crippen LogP contribution in [-0.4, -0.2) is 9.38 Å². The Hall–Kier alpha value is -2.17. The van der Waals surface area contributed by atoms with Crippen molar-refractivity contribution in [3.8, 4) is 0 Å². The molecule has 4 nitrogen and oxygen atoms in total. The van der Waals surface area contributed by atoms with E-state index in [9.17, 15) is 4.79 Å². The van der Waals surface area contributed by atoms with Crippen molar-refractivity contribution in [1.29, 1.82) is 0 Å². The molecule has 25 heavy (non-hydrogen) atoms. The molecule has 1 aliphatic carbocycles. The van der Waals surface area contributed by atoms with Crippen LogP contribution in [0.3, 0.4) is 0 Å². The lowest BCUT2D eigenvalue weighted by Crippen LogP contribution is -2.25. The van der Waals surface area contributed by atoms with Crippen LogP contribution < -0.4 is 10.9 Å². The first kappa shape index (κ1) is 16.3. The molecule has 1 aromatic carbocycles. The number of benzene rings is 1. The average Bonchev–Trinajstić information content (AvgIpc) is 3.43. The molecule has 1 unspecified atom stereocenters. The maximum atomic E-state index is 12.3. The Labute approximate surface area is 151 Å². The van der Waals surface area contributed by atoms with E-state index in [2.05, 4.69) is 22.4 Å². The second kappa shape index (κ2) is 6.62. The Bertz CT molecular complexity index is 961. The highest BCUT2D eigenvalue weighted by atomic mass is 35.5. The van der Waals surface area contributed by atoms with Crippen LogP contribution in [0, 0.1) is 12.8 Å². The Morgan fingerprint density at radius 2 is 2.04 bits per heavy atom. The lowest BCUT2D eigenvalue weighted by Gasteiger charge is -2.19. The van der Waals surface area contributed by atoms with Crippen LogP contribution >= 0.6 is 11.6 Å². The Morgan fingerprint density at radius 1 is 1.28 bits per heavy atom. The Balaban J connectivity index is 1.59. The summed E-state index contributed by atoms with van der Waals surface area (Å²) in [6.45, 7) is 2.55. The SMILES string of the molecule is Cc1cccn2c(=O)cc(CNC(c3ccc(Cl)cc3)C3CC3)nc12. The van der Waals surface area contributed by atoms with Gasteiger partial charge in [0.05, 0.1) is 5.69 Å². The van der Waals surface area contributed by atoms with E-state index in [1.54, 1.807) is 16.7 Å². The fourth-order valence-electron chi connectivity index (χ4n) is 3.27. The van der Waals surface area contributed by atoms with Gasteiger partial charge in [0.2, 0.25) is 0 Å². The highest BCUT2D eigenvalue weighted by molar-refractivity contribution is 6.30. The zero-order chi connectivity index (χ0) is 17.4. The first-order chi connectivity index (χ1) is 12.1. The van der Waals surface area contributed by atoms with Crippen LogP contribution in [0.5, 0.6) is 0 Å². The van der Waals surface area contributed by atoms with Crippen LogP contribution in [0.15, 0.2) is 53.5 Å². The normalized spacial score (nSPS) is 15.4. The van der Waals surface area contributed by atoms with E-state index in [0.717, 1.165) is 21.9 Å². The minimum Gasteiger partial charge on any atom is -0.304 e. The third-order valence-corrected chi connectivity index (χ3v) is 5.02. The van der Waals surface area contributed by atoms with Gasteiger partial charge in [0.25, 0.3) is 5.56 Å². The van der Waals surface area contributed by atoms with Crippen molar-refractivity contribution in [1.82, 2.24) is 14.7 Å². The highest BCUT2D eigenvalue weighted by Crippen LogP contribution is 2.41. The van der Waals surface area contributed by atoms with E-state index in [0.29, 0.717) is 12.5 Å². The molecule has 1 N–H and O–H groups in total. The predicted octanol–water partition coefficient (Wildman–Crippen LogP) is 3.90. The van der Waals surface area contributed by atoms with Gasteiger partial charge in [-0.1, -0.05) is 29.8 Å². The summed E-state index contributed by atoms with van der Waals surface area (Å²) in [4.78, 5) is 17.0. The molecule has 0 amide bonds. The number of halogens is 1. The first-order valence-electron chi connectivity index (χ1n) is 8.58. The van der Waals surface area contributed by atoms with Gasteiger partial charge in [0, 0.05) is 29.9 Å². The zero-order valence-electron chi connectivity index (χ0n) is 14.1. The molecule has 1 aliphatic rings. The topological polar surface area (TPSA) is 46.4 Å². The standard InChI is InChI=1S/C20H20ClN3O/c1-13-3-2-10-24-18(25)11-17(23-20(13)24)12-22-19(14-4-5-14)15-6-8-16(21)9-7-15/h2-3,6-11,14,19,22H,4-5,12H2,1H3. The largest absolute Gasteiger partial charge is 0.304 e. The molecule has 0 bridgehead atoms. The maximum absolute atomic E-state index is 12.3. The number of hydrogen-bond acceptors (Lipinski definition) is 3. The number of fused-ring (bicyclic) bond motifs is 1. The fourth-order valence-corrected chi connectivity index (χ4v) is 3.40. The molecule has 5 heteroatoms. The quantitative estimate of drug-likeness (QED) is 0.756. The van der Waals surface area contributed by atoms with Crippen LogP contribution in [0.1, 0.15) is 35.7 Å². The molecule has 2 aromatic heterocycles. The first-order valence-corrected chi connectivity index (χ1v) is 8.96. The van der Waals surface area contributed by atoms with Gasteiger partial charge in [-0.2, -0.15) is 0 Å². The summed E-state index contributed by atoms with van der Waals surface area (Å²) >= 11 is 6.00. The van der Waals surface area contributed by atoms with E-state index in [-0.39, 0.29) is 11.6 Å². The molecule has 4 rings (SSSR count). The van der Waals surface area contributed by atoms with Gasteiger partial charge in [0.1, 0.15) is 5.65 Å². The number of nitrogens with zero attached hydrogens (tertiary/aromatic N) is 2. The average molecular weight is 354 g/mol. The van der Waals surface area contributed by atoms with Crippen LogP contribution in [0.25, 0.3) is 5.65 Å². The Kier molecular flexibility index (Phi) is 4.32. The summed E-state index contributed by atoms with van der Waals surface area (Å²) in [7, 11) is 0. The van der Waals surface area contributed by atoms with Crippen molar-refractivity contribution >= 4 is 17.2 Å². The third-order valence-electron chi connectivity index (χ3n) is 4.76. The van der Waals surface area contributed by atoms with Crippen molar-refractivity contribution in [3.05, 3.63) is 80.9 Å². The fraction of sp³-hybridized carbons (Fsp3) is 0.300. The Morgan fingerprint density at radius 3 is 2.76 bits per heavy atom. The van der Waals surface area contributed by atoms with Crippen molar-refractivity contribution in [2.45, 2.75) is 32.4 Å². The van der Waals surface area contributed by atoms with Gasteiger partial charge < -0.3 is 5.32 Å². The van der Waals surface area contributed by atoms with E-state index < -0.39 is 0 Å². The molecule has 3 aromatic rings. The van der Waals surface area contributed by atoms with Gasteiger partial charge in [-0.25, -0.2) is 4.98 Å². The van der Waals surface area contributed by atoms with Gasteiger partial charge in [-0.3, -0.25) is 9.20 Å². The molecule has 2 heterocycles. The summed E-state index contributed by atoms with van der Waals surface area (Å²) in [6.07, 6.45) is 4.22. The minimum absolute atomic E-state index is 0.0417. The summed E-state index contributed by atoms with van der Waals surface area (Å²) in [5.74, 6) is 0.643. The number of aryl methyl sites for hydroxylation is 1. The molecule has 0 saturated heterocycles. The van der Waals surface area contributed by atoms with E-state index in [1.807, 2.05) is 31.2 Å². The van der Waals surface area contributed by atoms with Gasteiger partial charge >= 0.3 is 0 Å². The second-order valence-corrected chi connectivity index (χ2v) is 7.15. The summed E-state index contributed by atoms with van der Waals surface area (Å²) in [5, 5.41) is 4.34. The lowest BCUT2D eigenvalue weighted by atomic mass is 10.0. The monoisotopic (exact) mass is 353 g/mol. The molecule has 1 fully saturated rings. The number of pyridine rings is 1. The van der Waals surface area contributed by atoms with Gasteiger partial charge in [-0.15, -0.1) is 0 Å². The van der Waals surface area contributed by atoms with Crippen molar-refractivity contribution in [3.63, 3.8) is 0 Å². The van der Waals surface area contributed by atoms with E-state index in [4.69, 9.17) is 11.6 Å². The van der Waals surface area contributed by atoms with Gasteiger partial charge in [-0.05, 0) is 55.0 Å². The molecule has 1 atom stereocenters. The van der Waals surface area contributed by atoms with E-state index >= 15 is 0 Å². The zero-order valence-corrected chi connectivity index (χ0v) is 14.8. The van der Waals surface area contributed by atoms with Crippen LogP contribution in [-0.2, 0) is 6.54 Å². The highest BCUT2D eigenvalue weighted by Gasteiger charge is 2.32. The lowest BCUT2D eigenvalue weighted by molar-refractivity contribution is 0.476. The number of nitrogens with one attached hydrogen (secondary N) is 1. The van der Waals surface area contributed by atoms with Gasteiger partial charge in [0.15, 0.2) is 0 Å². The number of hydrogen-bond donors (Lipinski definition) is 1. The molecule has 128 valence electrons. The van der Waals surface area contributed by atoms with Crippen molar-refractivity contribution < 1.29 is 0 Å². The summed E-state index contributed by atoms with van der Waals surface area (Å²) in [6, 6.07) is 13.7. The van der Waals surface area contributed by atoms with Crippen LogP contribution in [0.4, 0.5) is 0 Å².